The number of amides is 1. The molecule has 0 radical (unpaired) electrons. The summed E-state index contributed by atoms with van der Waals surface area (Å²) in [4.78, 5) is 22.0. The highest BCUT2D eigenvalue weighted by atomic mass is 16.5. The van der Waals surface area contributed by atoms with Crippen molar-refractivity contribution in [2.45, 2.75) is 18.4 Å². The molecule has 2 fully saturated rings. The molecule has 3 heterocycles. The van der Waals surface area contributed by atoms with Gasteiger partial charge in [-0.05, 0) is 25.0 Å². The van der Waals surface area contributed by atoms with Crippen LogP contribution in [0.4, 0.5) is 0 Å². The van der Waals surface area contributed by atoms with Gasteiger partial charge in [0.2, 0.25) is 0 Å². The summed E-state index contributed by atoms with van der Waals surface area (Å²) in [5, 5.41) is 3.39. The Bertz CT molecular complexity index is 647. The summed E-state index contributed by atoms with van der Waals surface area (Å²) in [5.74, 6) is 0.412. The number of aromatic amines is 1. The van der Waals surface area contributed by atoms with E-state index in [0.717, 1.165) is 56.7 Å². The fourth-order valence-electron chi connectivity index (χ4n) is 3.35. The number of carbonyl (C=O) groups is 1. The number of piperidine rings is 1. The average Bonchev–Trinajstić information content (AvgIpc) is 3.00. The highest BCUT2D eigenvalue weighted by Gasteiger charge is 2.38. The number of benzene rings is 1. The van der Waals surface area contributed by atoms with Crippen molar-refractivity contribution >= 4 is 16.9 Å². The molecule has 1 amide bonds. The quantitative estimate of drug-likeness (QED) is 0.829. The Hall–Kier alpha value is -1.92. The molecule has 6 nitrogen and oxygen atoms in total. The Labute approximate surface area is 128 Å². The molecule has 0 saturated carbocycles. The third-order valence-corrected chi connectivity index (χ3v) is 4.69. The zero-order valence-electron chi connectivity index (χ0n) is 12.5. The first kappa shape index (κ1) is 13.7. The average molecular weight is 300 g/mol. The highest BCUT2D eigenvalue weighted by molar-refractivity contribution is 5.94. The molecule has 22 heavy (non-hydrogen) atoms. The molecule has 2 aliphatic heterocycles. The Morgan fingerprint density at radius 1 is 1.27 bits per heavy atom. The summed E-state index contributed by atoms with van der Waals surface area (Å²) in [6.07, 6.45) is 1.76. The largest absolute Gasteiger partial charge is 0.372 e. The smallest absolute Gasteiger partial charge is 0.289 e. The van der Waals surface area contributed by atoms with Gasteiger partial charge in [0.15, 0.2) is 5.82 Å². The van der Waals surface area contributed by atoms with Gasteiger partial charge in [-0.2, -0.15) is 0 Å². The van der Waals surface area contributed by atoms with Gasteiger partial charge < -0.3 is 19.9 Å². The minimum Gasteiger partial charge on any atom is -0.372 e. The lowest BCUT2D eigenvalue weighted by atomic mass is 9.90. The molecule has 6 heteroatoms. The summed E-state index contributed by atoms with van der Waals surface area (Å²) < 4.78 is 5.96. The standard InChI is InChI=1S/C16H20N4O2/c21-15(14-18-12-3-1-2-4-13(12)19-14)20-8-5-16(6-9-20)11-17-7-10-22-16/h1-4,17H,5-11H2,(H,18,19). The number of fused-ring (bicyclic) bond motifs is 1. The number of ether oxygens (including phenoxy) is 1. The van der Waals surface area contributed by atoms with E-state index in [1.54, 1.807) is 0 Å². The van der Waals surface area contributed by atoms with Crippen LogP contribution >= 0.6 is 0 Å². The number of hydrogen-bond donors (Lipinski definition) is 2. The van der Waals surface area contributed by atoms with Crippen molar-refractivity contribution < 1.29 is 9.53 Å². The molecule has 2 N–H and O–H groups in total. The summed E-state index contributed by atoms with van der Waals surface area (Å²) in [6.45, 7) is 4.01. The Morgan fingerprint density at radius 3 is 2.82 bits per heavy atom. The van der Waals surface area contributed by atoms with E-state index in [2.05, 4.69) is 15.3 Å². The van der Waals surface area contributed by atoms with Crippen LogP contribution in [-0.2, 0) is 4.74 Å². The molecular weight excluding hydrogens is 280 g/mol. The van der Waals surface area contributed by atoms with Gasteiger partial charge in [-0.25, -0.2) is 4.98 Å². The Kier molecular flexibility index (Phi) is 3.35. The van der Waals surface area contributed by atoms with Gasteiger partial charge in [0.25, 0.3) is 5.91 Å². The summed E-state index contributed by atoms with van der Waals surface area (Å²) >= 11 is 0. The normalized spacial score (nSPS) is 21.4. The Balaban J connectivity index is 1.47. The van der Waals surface area contributed by atoms with Gasteiger partial charge in [-0.15, -0.1) is 0 Å². The van der Waals surface area contributed by atoms with E-state index in [9.17, 15) is 4.79 Å². The van der Waals surface area contributed by atoms with Crippen molar-refractivity contribution in [1.29, 1.82) is 0 Å². The molecule has 0 aliphatic carbocycles. The molecule has 0 atom stereocenters. The molecule has 2 saturated heterocycles. The van der Waals surface area contributed by atoms with Crippen molar-refractivity contribution in [2.24, 2.45) is 0 Å². The lowest BCUT2D eigenvalue weighted by Gasteiger charge is -2.43. The molecule has 1 aromatic heterocycles. The number of nitrogens with zero attached hydrogens (tertiary/aromatic N) is 2. The van der Waals surface area contributed by atoms with Crippen LogP contribution in [0.3, 0.4) is 0 Å². The van der Waals surface area contributed by atoms with E-state index in [0.29, 0.717) is 5.82 Å². The van der Waals surface area contributed by atoms with Crippen LogP contribution in [0.1, 0.15) is 23.5 Å². The number of imidazole rings is 1. The van der Waals surface area contributed by atoms with Crippen LogP contribution in [0.2, 0.25) is 0 Å². The first-order valence-corrected chi connectivity index (χ1v) is 7.85. The lowest BCUT2D eigenvalue weighted by Crippen LogP contribution is -2.56. The number of morpholine rings is 1. The van der Waals surface area contributed by atoms with Crippen molar-refractivity contribution in [3.05, 3.63) is 30.1 Å². The second kappa shape index (κ2) is 5.37. The number of H-pyrrole nitrogens is 1. The second-order valence-corrected chi connectivity index (χ2v) is 6.10. The molecule has 116 valence electrons. The maximum Gasteiger partial charge on any atom is 0.289 e. The topological polar surface area (TPSA) is 70.2 Å². The maximum absolute atomic E-state index is 12.6. The minimum absolute atomic E-state index is 0.0187. The molecule has 2 aliphatic rings. The fraction of sp³-hybridized carbons (Fsp3) is 0.500. The van der Waals surface area contributed by atoms with Gasteiger partial charge in [0.1, 0.15) is 0 Å². The number of rotatable bonds is 1. The first-order valence-electron chi connectivity index (χ1n) is 7.85. The van der Waals surface area contributed by atoms with Crippen LogP contribution in [0, 0.1) is 0 Å². The molecule has 2 aromatic rings. The Morgan fingerprint density at radius 2 is 2.09 bits per heavy atom. The maximum atomic E-state index is 12.6. The van der Waals surface area contributed by atoms with E-state index in [1.165, 1.54) is 0 Å². The van der Waals surface area contributed by atoms with E-state index in [-0.39, 0.29) is 11.5 Å². The molecular formula is C16H20N4O2. The zero-order valence-corrected chi connectivity index (χ0v) is 12.5. The summed E-state index contributed by atoms with van der Waals surface area (Å²) in [6, 6.07) is 7.71. The highest BCUT2D eigenvalue weighted by Crippen LogP contribution is 2.28. The number of carbonyl (C=O) groups excluding carboxylic acids is 1. The monoisotopic (exact) mass is 300 g/mol. The van der Waals surface area contributed by atoms with Crippen LogP contribution in [0.15, 0.2) is 24.3 Å². The predicted molar refractivity (Wildman–Crippen MR) is 82.8 cm³/mol. The minimum atomic E-state index is -0.0804. The zero-order chi connectivity index (χ0) is 15.0. The van der Waals surface area contributed by atoms with Crippen molar-refractivity contribution in [3.8, 4) is 0 Å². The molecule has 0 bridgehead atoms. The summed E-state index contributed by atoms with van der Waals surface area (Å²) in [7, 11) is 0. The third-order valence-electron chi connectivity index (χ3n) is 4.69. The third kappa shape index (κ3) is 2.38. The number of hydrogen-bond acceptors (Lipinski definition) is 4. The number of nitrogens with one attached hydrogen (secondary N) is 2. The molecule has 4 rings (SSSR count). The van der Waals surface area contributed by atoms with E-state index in [1.807, 2.05) is 29.2 Å². The van der Waals surface area contributed by atoms with Crippen LogP contribution < -0.4 is 5.32 Å². The van der Waals surface area contributed by atoms with E-state index < -0.39 is 0 Å². The van der Waals surface area contributed by atoms with Crippen LogP contribution in [0.25, 0.3) is 11.0 Å². The molecule has 0 unspecified atom stereocenters. The summed E-state index contributed by atoms with van der Waals surface area (Å²) in [5.41, 5.74) is 1.65. The van der Waals surface area contributed by atoms with Crippen molar-refractivity contribution in [2.75, 3.05) is 32.8 Å². The fourth-order valence-corrected chi connectivity index (χ4v) is 3.35. The van der Waals surface area contributed by atoms with Gasteiger partial charge in [-0.3, -0.25) is 4.79 Å². The second-order valence-electron chi connectivity index (χ2n) is 6.10. The molecule has 1 aromatic carbocycles. The van der Waals surface area contributed by atoms with Crippen molar-refractivity contribution in [3.63, 3.8) is 0 Å². The van der Waals surface area contributed by atoms with Gasteiger partial charge >= 0.3 is 0 Å². The SMILES string of the molecule is O=C(c1nc2ccccc2[nH]1)N1CCC2(CC1)CNCCO2. The van der Waals surface area contributed by atoms with Crippen LogP contribution in [0.5, 0.6) is 0 Å². The molecule has 1 spiro atoms. The lowest BCUT2D eigenvalue weighted by molar-refractivity contribution is -0.0955. The van der Waals surface area contributed by atoms with Gasteiger partial charge in [0.05, 0.1) is 23.2 Å². The van der Waals surface area contributed by atoms with Crippen molar-refractivity contribution in [1.82, 2.24) is 20.2 Å². The number of para-hydroxylation sites is 2. The first-order chi connectivity index (χ1) is 10.8. The van der Waals surface area contributed by atoms with Gasteiger partial charge in [-0.1, -0.05) is 12.1 Å². The van der Waals surface area contributed by atoms with Gasteiger partial charge in [0, 0.05) is 26.2 Å². The van der Waals surface area contributed by atoms with E-state index >= 15 is 0 Å². The number of likely N-dealkylation sites (tertiary alicyclic amines) is 1. The number of aromatic nitrogens is 2. The van der Waals surface area contributed by atoms with Crippen LogP contribution in [-0.4, -0.2) is 59.2 Å². The predicted octanol–water partition coefficient (Wildman–Crippen LogP) is 1.16. The van der Waals surface area contributed by atoms with E-state index in [4.69, 9.17) is 4.74 Å².